The van der Waals surface area contributed by atoms with E-state index in [1.807, 2.05) is 0 Å². The van der Waals surface area contributed by atoms with E-state index in [0.717, 1.165) is 128 Å². The van der Waals surface area contributed by atoms with E-state index in [0.29, 0.717) is 19.4 Å². The van der Waals surface area contributed by atoms with Gasteiger partial charge in [0.05, 0.1) is 6.61 Å². The first-order valence-corrected chi connectivity index (χ1v) is 28.1. The van der Waals surface area contributed by atoms with E-state index in [9.17, 15) is 9.59 Å². The number of allylic oxidation sites excluding steroid dienone is 20. The van der Waals surface area contributed by atoms with Gasteiger partial charge in [-0.3, -0.25) is 9.59 Å². The molecular weight excluding hydrogens is 837 g/mol. The summed E-state index contributed by atoms with van der Waals surface area (Å²) in [5.74, 6) is -0.445. The molecule has 386 valence electrons. The van der Waals surface area contributed by atoms with Crippen LogP contribution in [0.4, 0.5) is 0 Å². The highest BCUT2D eigenvalue weighted by atomic mass is 16.6. The van der Waals surface area contributed by atoms with Crippen LogP contribution in [0.15, 0.2) is 122 Å². The molecule has 0 amide bonds. The van der Waals surface area contributed by atoms with Crippen LogP contribution < -0.4 is 0 Å². The summed E-state index contributed by atoms with van der Waals surface area (Å²) >= 11 is 0. The third-order valence-electron chi connectivity index (χ3n) is 11.5. The standard InChI is InChI=1S/C63H104O5/c1-4-7-10-13-16-19-22-25-28-30-32-34-36-38-41-44-47-50-53-56-62(64)67-60-61(59-66-58-55-52-49-46-43-40-27-24-21-18-15-12-9-6-3)68-63(65)57-54-51-48-45-42-39-37-35-33-31-29-26-23-20-17-14-11-8-5-2/h7,9-10,12,16-21,25-29,32-35,40,61H,4-6,8,11,13-15,22-24,30-31,36-39,41-60H2,1-3H3/b10-7-,12-9-,19-16-,20-17-,21-18-,28-25-,29-26-,34-32-,35-33-,40-27-. The maximum atomic E-state index is 12.9. The highest BCUT2D eigenvalue weighted by Crippen LogP contribution is 2.13. The third-order valence-corrected chi connectivity index (χ3v) is 11.5. The molecule has 0 aromatic heterocycles. The second-order valence-corrected chi connectivity index (χ2v) is 18.1. The fourth-order valence-corrected chi connectivity index (χ4v) is 7.34. The van der Waals surface area contributed by atoms with Gasteiger partial charge >= 0.3 is 11.9 Å². The number of carbonyl (C=O) groups excluding carboxylic acids is 2. The van der Waals surface area contributed by atoms with Gasteiger partial charge in [-0.1, -0.05) is 219 Å². The van der Waals surface area contributed by atoms with Crippen LogP contribution in [0.25, 0.3) is 0 Å². The molecule has 0 aliphatic heterocycles. The predicted octanol–water partition coefficient (Wildman–Crippen LogP) is 19.3. The van der Waals surface area contributed by atoms with Crippen molar-refractivity contribution in [2.75, 3.05) is 19.8 Å². The third kappa shape index (κ3) is 54.9. The van der Waals surface area contributed by atoms with Gasteiger partial charge in [-0.2, -0.15) is 0 Å². The molecule has 0 spiro atoms. The molecule has 0 N–H and O–H groups in total. The number of ether oxygens (including phenoxy) is 3. The van der Waals surface area contributed by atoms with Crippen molar-refractivity contribution in [3.05, 3.63) is 122 Å². The molecule has 1 atom stereocenters. The summed E-state index contributed by atoms with van der Waals surface area (Å²) in [5.41, 5.74) is 0. The Morgan fingerprint density at radius 1 is 0.338 bits per heavy atom. The summed E-state index contributed by atoms with van der Waals surface area (Å²) in [4.78, 5) is 25.5. The minimum Gasteiger partial charge on any atom is -0.462 e. The minimum atomic E-state index is -0.570. The van der Waals surface area contributed by atoms with E-state index < -0.39 is 6.10 Å². The van der Waals surface area contributed by atoms with Gasteiger partial charge in [-0.25, -0.2) is 0 Å². The molecule has 68 heavy (non-hydrogen) atoms. The topological polar surface area (TPSA) is 61.8 Å². The van der Waals surface area contributed by atoms with E-state index in [1.54, 1.807) is 0 Å². The number of hydrogen-bond donors (Lipinski definition) is 0. The molecule has 0 saturated carbocycles. The van der Waals surface area contributed by atoms with E-state index in [2.05, 4.69) is 142 Å². The Morgan fingerprint density at radius 3 is 1.06 bits per heavy atom. The molecular formula is C63H104O5. The quantitative estimate of drug-likeness (QED) is 0.0345. The molecule has 0 heterocycles. The van der Waals surface area contributed by atoms with Gasteiger partial charge in [0.15, 0.2) is 6.10 Å². The zero-order valence-corrected chi connectivity index (χ0v) is 44.3. The lowest BCUT2D eigenvalue weighted by atomic mass is 10.1. The van der Waals surface area contributed by atoms with Gasteiger partial charge in [-0.05, 0) is 128 Å². The molecule has 0 aliphatic rings. The summed E-state index contributed by atoms with van der Waals surface area (Å²) in [7, 11) is 0. The normalized spacial score (nSPS) is 13.2. The average Bonchev–Trinajstić information content (AvgIpc) is 3.34. The first-order valence-electron chi connectivity index (χ1n) is 28.1. The van der Waals surface area contributed by atoms with Crippen LogP contribution in [-0.2, 0) is 23.8 Å². The van der Waals surface area contributed by atoms with Gasteiger partial charge in [0.25, 0.3) is 0 Å². The molecule has 5 nitrogen and oxygen atoms in total. The van der Waals surface area contributed by atoms with Crippen LogP contribution >= 0.6 is 0 Å². The molecule has 5 heteroatoms. The predicted molar refractivity (Wildman–Crippen MR) is 297 cm³/mol. The monoisotopic (exact) mass is 941 g/mol. The van der Waals surface area contributed by atoms with Gasteiger partial charge in [0, 0.05) is 19.4 Å². The summed E-state index contributed by atoms with van der Waals surface area (Å²) in [6.45, 7) is 7.49. The van der Waals surface area contributed by atoms with Crippen molar-refractivity contribution in [1.82, 2.24) is 0 Å². The van der Waals surface area contributed by atoms with Crippen LogP contribution in [0.1, 0.15) is 239 Å². The molecule has 0 bridgehead atoms. The Balaban J connectivity index is 4.37. The van der Waals surface area contributed by atoms with Crippen LogP contribution in [0.5, 0.6) is 0 Å². The number of rotatable bonds is 50. The summed E-state index contributed by atoms with van der Waals surface area (Å²) < 4.78 is 17.4. The minimum absolute atomic E-state index is 0.0557. The van der Waals surface area contributed by atoms with Crippen molar-refractivity contribution in [2.45, 2.75) is 245 Å². The summed E-state index contributed by atoms with van der Waals surface area (Å²) in [6, 6.07) is 0. The largest absolute Gasteiger partial charge is 0.462 e. The van der Waals surface area contributed by atoms with E-state index in [-0.39, 0.29) is 25.2 Å². The van der Waals surface area contributed by atoms with E-state index in [4.69, 9.17) is 14.2 Å². The second kappa shape index (κ2) is 57.6. The molecule has 0 aromatic carbocycles. The SMILES string of the molecule is CC/C=C\C/C=C\C/C=C\C/C=C\CCCCCCCCC(=O)OCC(COCCCCCC/C=C\C/C=C\C/C=C\CC)OC(=O)CCCCCCCC/C=C\C/C=C\C/C=C\CCCCC. The van der Waals surface area contributed by atoms with Gasteiger partial charge < -0.3 is 14.2 Å². The fourth-order valence-electron chi connectivity index (χ4n) is 7.34. The Hall–Kier alpha value is -3.70. The second-order valence-electron chi connectivity index (χ2n) is 18.1. The smallest absolute Gasteiger partial charge is 0.306 e. The highest BCUT2D eigenvalue weighted by molar-refractivity contribution is 5.70. The molecule has 0 rings (SSSR count). The van der Waals surface area contributed by atoms with Gasteiger partial charge in [0.2, 0.25) is 0 Å². The molecule has 0 aliphatic carbocycles. The van der Waals surface area contributed by atoms with Crippen molar-refractivity contribution in [3.63, 3.8) is 0 Å². The Kier molecular flexibility index (Phi) is 54.5. The van der Waals surface area contributed by atoms with Crippen molar-refractivity contribution in [2.24, 2.45) is 0 Å². The van der Waals surface area contributed by atoms with Crippen LogP contribution in [0.2, 0.25) is 0 Å². The average molecular weight is 942 g/mol. The molecule has 0 fully saturated rings. The first-order chi connectivity index (χ1) is 33.6. The molecule has 0 radical (unpaired) electrons. The van der Waals surface area contributed by atoms with Crippen molar-refractivity contribution >= 4 is 11.9 Å². The lowest BCUT2D eigenvalue weighted by Crippen LogP contribution is -2.30. The number of hydrogen-bond acceptors (Lipinski definition) is 5. The van der Waals surface area contributed by atoms with Crippen molar-refractivity contribution in [1.29, 1.82) is 0 Å². The summed E-state index contributed by atoms with van der Waals surface area (Å²) in [6.07, 6.45) is 80.7. The van der Waals surface area contributed by atoms with Crippen molar-refractivity contribution < 1.29 is 23.8 Å². The van der Waals surface area contributed by atoms with Crippen LogP contribution in [0.3, 0.4) is 0 Å². The maximum Gasteiger partial charge on any atom is 0.306 e. The number of carbonyl (C=O) groups is 2. The van der Waals surface area contributed by atoms with Crippen LogP contribution in [0, 0.1) is 0 Å². The Labute approximate surface area is 420 Å². The first kappa shape index (κ1) is 64.3. The van der Waals surface area contributed by atoms with E-state index >= 15 is 0 Å². The zero-order chi connectivity index (χ0) is 49.2. The zero-order valence-electron chi connectivity index (χ0n) is 44.3. The number of esters is 2. The van der Waals surface area contributed by atoms with E-state index in [1.165, 1.54) is 77.0 Å². The summed E-state index contributed by atoms with van der Waals surface area (Å²) in [5, 5.41) is 0. The lowest BCUT2D eigenvalue weighted by molar-refractivity contribution is -0.163. The number of unbranched alkanes of at least 4 members (excludes halogenated alkanes) is 19. The van der Waals surface area contributed by atoms with Crippen LogP contribution in [-0.4, -0.2) is 37.9 Å². The van der Waals surface area contributed by atoms with Gasteiger partial charge in [-0.15, -0.1) is 0 Å². The molecule has 0 aromatic rings. The molecule has 0 saturated heterocycles. The van der Waals surface area contributed by atoms with Crippen molar-refractivity contribution in [3.8, 4) is 0 Å². The Morgan fingerprint density at radius 2 is 0.662 bits per heavy atom. The maximum absolute atomic E-state index is 12.9. The van der Waals surface area contributed by atoms with Gasteiger partial charge in [0.1, 0.15) is 6.61 Å². The molecule has 1 unspecified atom stereocenters. The highest BCUT2D eigenvalue weighted by Gasteiger charge is 2.17. The fraction of sp³-hybridized carbons (Fsp3) is 0.651. The Bertz CT molecular complexity index is 1390. The lowest BCUT2D eigenvalue weighted by Gasteiger charge is -2.18.